The lowest BCUT2D eigenvalue weighted by Gasteiger charge is -2.28. The number of nitrogens with zero attached hydrogens (tertiary/aromatic N) is 2. The van der Waals surface area contributed by atoms with Crippen molar-refractivity contribution in [2.75, 3.05) is 19.6 Å². The van der Waals surface area contributed by atoms with Gasteiger partial charge in [0.1, 0.15) is 0 Å². The van der Waals surface area contributed by atoms with E-state index in [1.54, 1.807) is 0 Å². The number of fused-ring (bicyclic) bond motifs is 1. The zero-order valence-corrected chi connectivity index (χ0v) is 6.51. The highest BCUT2D eigenvalue weighted by Gasteiger charge is 2.23. The zero-order valence-electron chi connectivity index (χ0n) is 6.51. The topological polar surface area (TPSA) is 15.6 Å². The van der Waals surface area contributed by atoms with E-state index in [4.69, 9.17) is 0 Å². The van der Waals surface area contributed by atoms with Crippen LogP contribution in [0.4, 0.5) is 0 Å². The molecule has 10 heavy (non-hydrogen) atoms. The molecule has 2 heteroatoms. The molecular weight excluding hydrogens is 124 g/mol. The van der Waals surface area contributed by atoms with Crippen molar-refractivity contribution in [2.45, 2.75) is 19.8 Å². The maximum Gasteiger partial charge on any atom is 0.0993 e. The molecule has 1 unspecified atom stereocenters. The Hall–Kier alpha value is -0.530. The van der Waals surface area contributed by atoms with Crippen molar-refractivity contribution in [2.24, 2.45) is 10.9 Å². The molecule has 2 aliphatic heterocycles. The van der Waals surface area contributed by atoms with Gasteiger partial charge in [-0.2, -0.15) is 0 Å². The van der Waals surface area contributed by atoms with Crippen molar-refractivity contribution in [3.8, 4) is 0 Å². The van der Waals surface area contributed by atoms with Crippen molar-refractivity contribution in [1.82, 2.24) is 4.90 Å². The van der Waals surface area contributed by atoms with Crippen LogP contribution in [0.1, 0.15) is 19.8 Å². The summed E-state index contributed by atoms with van der Waals surface area (Å²) >= 11 is 0. The van der Waals surface area contributed by atoms with E-state index in [9.17, 15) is 0 Å². The van der Waals surface area contributed by atoms with Crippen LogP contribution in [0, 0.1) is 5.92 Å². The van der Waals surface area contributed by atoms with Crippen LogP contribution < -0.4 is 0 Å². The number of piperidine rings is 1. The van der Waals surface area contributed by atoms with Gasteiger partial charge >= 0.3 is 0 Å². The molecule has 2 aliphatic rings. The summed E-state index contributed by atoms with van der Waals surface area (Å²) in [5.41, 5.74) is 0. The third kappa shape index (κ3) is 0.917. The van der Waals surface area contributed by atoms with Crippen LogP contribution >= 0.6 is 0 Å². The van der Waals surface area contributed by atoms with Crippen LogP contribution in [0.5, 0.6) is 0 Å². The smallest absolute Gasteiger partial charge is 0.0993 e. The van der Waals surface area contributed by atoms with Gasteiger partial charge in [-0.25, -0.2) is 0 Å². The number of amidine groups is 1. The Bertz CT molecular complexity index is 163. The van der Waals surface area contributed by atoms with E-state index in [2.05, 4.69) is 16.8 Å². The van der Waals surface area contributed by atoms with Crippen LogP contribution in [-0.4, -0.2) is 30.4 Å². The van der Waals surface area contributed by atoms with Gasteiger partial charge in [-0.3, -0.25) is 4.99 Å². The fourth-order valence-electron chi connectivity index (χ4n) is 1.75. The summed E-state index contributed by atoms with van der Waals surface area (Å²) in [5.74, 6) is 2.24. The quantitative estimate of drug-likeness (QED) is 0.490. The Morgan fingerprint density at radius 3 is 3.30 bits per heavy atom. The molecule has 2 rings (SSSR count). The van der Waals surface area contributed by atoms with Gasteiger partial charge in [0.25, 0.3) is 0 Å². The predicted octanol–water partition coefficient (Wildman–Crippen LogP) is 1.13. The number of aliphatic imine (C=N–C) groups is 1. The molecule has 0 amide bonds. The molecule has 1 atom stereocenters. The maximum atomic E-state index is 4.45. The minimum atomic E-state index is 0.869. The minimum absolute atomic E-state index is 0.869. The minimum Gasteiger partial charge on any atom is -0.358 e. The third-order valence-electron chi connectivity index (χ3n) is 2.45. The van der Waals surface area contributed by atoms with Crippen LogP contribution in [0.2, 0.25) is 0 Å². The maximum absolute atomic E-state index is 4.45. The van der Waals surface area contributed by atoms with Crippen molar-refractivity contribution in [3.63, 3.8) is 0 Å². The van der Waals surface area contributed by atoms with Gasteiger partial charge in [0.15, 0.2) is 0 Å². The molecule has 0 saturated carbocycles. The van der Waals surface area contributed by atoms with E-state index >= 15 is 0 Å². The molecule has 0 bridgehead atoms. The lowest BCUT2D eigenvalue weighted by molar-refractivity contribution is 0.351. The van der Waals surface area contributed by atoms with Crippen molar-refractivity contribution in [1.29, 1.82) is 0 Å². The number of hydrogen-bond acceptors (Lipinski definition) is 2. The van der Waals surface area contributed by atoms with Crippen LogP contribution in [0.3, 0.4) is 0 Å². The van der Waals surface area contributed by atoms with E-state index in [0.717, 1.165) is 12.5 Å². The molecule has 56 valence electrons. The van der Waals surface area contributed by atoms with Gasteiger partial charge in [0.2, 0.25) is 0 Å². The fourth-order valence-corrected chi connectivity index (χ4v) is 1.75. The zero-order chi connectivity index (χ0) is 6.97. The largest absolute Gasteiger partial charge is 0.358 e. The number of rotatable bonds is 0. The molecule has 0 aromatic heterocycles. The second kappa shape index (κ2) is 2.26. The second-order valence-corrected chi connectivity index (χ2v) is 3.38. The average molecular weight is 138 g/mol. The highest BCUT2D eigenvalue weighted by Crippen LogP contribution is 2.20. The summed E-state index contributed by atoms with van der Waals surface area (Å²) in [4.78, 5) is 6.88. The van der Waals surface area contributed by atoms with E-state index in [1.807, 2.05) is 0 Å². The summed E-state index contributed by atoms with van der Waals surface area (Å²) in [6, 6.07) is 0. The van der Waals surface area contributed by atoms with Gasteiger partial charge in [-0.05, 0) is 12.3 Å². The molecule has 0 N–H and O–H groups in total. The second-order valence-electron chi connectivity index (χ2n) is 3.38. The molecule has 0 aliphatic carbocycles. The highest BCUT2D eigenvalue weighted by atomic mass is 15.2. The average Bonchev–Trinajstić information content (AvgIpc) is 2.33. The number of hydrogen-bond donors (Lipinski definition) is 0. The van der Waals surface area contributed by atoms with Crippen LogP contribution in [-0.2, 0) is 0 Å². The van der Waals surface area contributed by atoms with Gasteiger partial charge in [0, 0.05) is 19.5 Å². The van der Waals surface area contributed by atoms with E-state index in [1.165, 1.54) is 31.8 Å². The standard InChI is InChI=1S/C8H14N2/c1-7-2-4-10-5-3-9-8(10)6-7/h7H,2-6H2,1H3. The van der Waals surface area contributed by atoms with Crippen LogP contribution in [0.25, 0.3) is 0 Å². The summed E-state index contributed by atoms with van der Waals surface area (Å²) in [5, 5.41) is 0. The SMILES string of the molecule is CC1CCN2CCN=C2C1. The summed E-state index contributed by atoms with van der Waals surface area (Å²) in [7, 11) is 0. The molecule has 0 radical (unpaired) electrons. The summed E-state index contributed by atoms with van der Waals surface area (Å²) < 4.78 is 0. The lowest BCUT2D eigenvalue weighted by atomic mass is 9.99. The third-order valence-corrected chi connectivity index (χ3v) is 2.45. The van der Waals surface area contributed by atoms with Gasteiger partial charge in [-0.15, -0.1) is 0 Å². The van der Waals surface area contributed by atoms with Crippen molar-refractivity contribution >= 4 is 5.84 Å². The summed E-state index contributed by atoms with van der Waals surface area (Å²) in [6.07, 6.45) is 2.58. The Kier molecular flexibility index (Phi) is 1.40. The monoisotopic (exact) mass is 138 g/mol. The van der Waals surface area contributed by atoms with E-state index in [0.29, 0.717) is 0 Å². The normalized spacial score (nSPS) is 31.9. The molecule has 0 spiro atoms. The van der Waals surface area contributed by atoms with E-state index < -0.39 is 0 Å². The Morgan fingerprint density at radius 1 is 1.50 bits per heavy atom. The Balaban J connectivity index is 2.07. The van der Waals surface area contributed by atoms with Gasteiger partial charge in [-0.1, -0.05) is 6.92 Å². The molecule has 1 fully saturated rings. The van der Waals surface area contributed by atoms with Crippen molar-refractivity contribution in [3.05, 3.63) is 0 Å². The first-order chi connectivity index (χ1) is 4.86. The fraction of sp³-hybridized carbons (Fsp3) is 0.875. The lowest BCUT2D eigenvalue weighted by Crippen LogP contribution is -2.35. The molecule has 1 saturated heterocycles. The molecule has 0 aromatic rings. The Morgan fingerprint density at radius 2 is 2.40 bits per heavy atom. The van der Waals surface area contributed by atoms with E-state index in [-0.39, 0.29) is 0 Å². The predicted molar refractivity (Wildman–Crippen MR) is 42.3 cm³/mol. The first-order valence-corrected chi connectivity index (χ1v) is 4.14. The highest BCUT2D eigenvalue weighted by molar-refractivity contribution is 5.84. The first kappa shape index (κ1) is 6.20. The van der Waals surface area contributed by atoms with Gasteiger partial charge in [0.05, 0.1) is 12.4 Å². The molecular formula is C8H14N2. The first-order valence-electron chi connectivity index (χ1n) is 4.14. The van der Waals surface area contributed by atoms with Crippen molar-refractivity contribution < 1.29 is 0 Å². The van der Waals surface area contributed by atoms with Gasteiger partial charge < -0.3 is 4.90 Å². The summed E-state index contributed by atoms with van der Waals surface area (Å²) in [6.45, 7) is 5.79. The molecule has 2 heterocycles. The Labute approximate surface area is 61.9 Å². The molecule has 0 aromatic carbocycles. The molecule has 2 nitrogen and oxygen atoms in total. The van der Waals surface area contributed by atoms with Crippen LogP contribution in [0.15, 0.2) is 4.99 Å².